The van der Waals surface area contributed by atoms with E-state index in [2.05, 4.69) is 30.8 Å². The first-order valence-electron chi connectivity index (χ1n) is 24.5. The highest BCUT2D eigenvalue weighted by Gasteiger charge is 2.31. The maximum Gasteiger partial charge on any atom is 0.255 e. The topological polar surface area (TPSA) is 214 Å². The third kappa shape index (κ3) is 6.83. The van der Waals surface area contributed by atoms with E-state index < -0.39 is 86.0 Å². The molecule has 60 heavy (non-hydrogen) atoms. The standard InChI is InChI=1S/2C21H17FN6O2/c2*22-14-3-1-2-12(9-23)19(14)15-8-17(20-16(25-15)10-24-21(20)30)28-7-5-18(26-28)27-6-4-13(29)11-27/h2*1-3,5,7-8,13,29H,4,6,10-11H2,(H,24,30)/t13-;/m1./s1/i2*4D2,6D2,11D2,13D. The number of amides is 2. The molecule has 4 N–H and O–H groups in total. The molecule has 16 nitrogen and oxygen atoms in total. The molecule has 2 aromatic carbocycles. The SMILES string of the molecule is [2H]C1([2H])N(c2ccn(-c3cc(-c4c(F)cccc4C#N)nc4c3C(=O)NC4)n2)C([2H])([2H])C([2H])(O)C1([2H])[2H].[2H]C1([2H])N(c2ccn(-c3cc(-c4c(F)cccc4C#N)nc4c3C(=O)NC4)n2)C([2H])([2H])[C@]([2H])(O)C1([2H])[2H]. The summed E-state index contributed by atoms with van der Waals surface area (Å²) in [4.78, 5) is 34.3. The number of nitriles is 2. The lowest BCUT2D eigenvalue weighted by Crippen LogP contribution is -2.21. The van der Waals surface area contributed by atoms with E-state index in [0.29, 0.717) is 0 Å². The minimum atomic E-state index is -3.50. The molecule has 10 rings (SSSR count). The smallest absolute Gasteiger partial charge is 0.255 e. The second kappa shape index (κ2) is 15.3. The highest BCUT2D eigenvalue weighted by atomic mass is 19.1. The number of nitrogens with zero attached hydrogens (tertiary/aromatic N) is 10. The third-order valence-corrected chi connectivity index (χ3v) is 9.32. The van der Waals surface area contributed by atoms with E-state index >= 15 is 0 Å². The van der Waals surface area contributed by atoms with Crippen LogP contribution in [0.2, 0.25) is 0 Å². The molecule has 0 aliphatic carbocycles. The van der Waals surface area contributed by atoms with Gasteiger partial charge < -0.3 is 30.6 Å². The number of hydrogen-bond acceptors (Lipinski definition) is 12. The average Bonchev–Trinajstić information content (AvgIpc) is 4.17. The monoisotopic (exact) mass is 822 g/mol. The van der Waals surface area contributed by atoms with E-state index in [1.165, 1.54) is 48.8 Å². The predicted octanol–water partition coefficient (Wildman–Crippen LogP) is 3.52. The Bertz CT molecular complexity index is 3210. The van der Waals surface area contributed by atoms with Crippen LogP contribution < -0.4 is 20.4 Å². The molecule has 4 aromatic heterocycles. The summed E-state index contributed by atoms with van der Waals surface area (Å²) in [5.74, 6) is -3.47. The number of carbonyl (C=O) groups is 2. The van der Waals surface area contributed by atoms with Crippen molar-refractivity contribution in [3.8, 4) is 46.0 Å². The zero-order valence-electron chi connectivity index (χ0n) is 44.3. The van der Waals surface area contributed by atoms with Crippen molar-refractivity contribution in [2.75, 3.05) is 35.8 Å². The van der Waals surface area contributed by atoms with Crippen molar-refractivity contribution in [1.82, 2.24) is 40.2 Å². The maximum absolute atomic E-state index is 14.7. The van der Waals surface area contributed by atoms with Crippen LogP contribution in [-0.2, 0) is 13.1 Å². The van der Waals surface area contributed by atoms with Crippen molar-refractivity contribution >= 4 is 23.5 Å². The Kier molecular flexibility index (Phi) is 6.40. The van der Waals surface area contributed by atoms with Gasteiger partial charge in [-0.25, -0.2) is 28.1 Å². The molecule has 2 fully saturated rings. The molecule has 4 aliphatic heterocycles. The molecule has 8 heterocycles. The minimum absolute atomic E-state index is 0.00276. The number of anilines is 2. The van der Waals surface area contributed by atoms with Gasteiger partial charge in [-0.15, -0.1) is 0 Å². The Balaban J connectivity index is 0.000000182. The van der Waals surface area contributed by atoms with Crippen LogP contribution in [0.4, 0.5) is 20.4 Å². The van der Waals surface area contributed by atoms with E-state index in [1.807, 2.05) is 12.1 Å². The summed E-state index contributed by atoms with van der Waals surface area (Å²) in [5, 5.41) is 53.0. The largest absolute Gasteiger partial charge is 0.391 e. The van der Waals surface area contributed by atoms with Crippen molar-refractivity contribution < 1.29 is 47.8 Å². The summed E-state index contributed by atoms with van der Waals surface area (Å²) in [6.07, 6.45) is -11.3. The molecule has 4 aliphatic rings. The molecule has 0 bridgehead atoms. The summed E-state index contributed by atoms with van der Waals surface area (Å²) in [7, 11) is 0. The number of nitrogens with one attached hydrogen (secondary N) is 2. The lowest BCUT2D eigenvalue weighted by molar-refractivity contribution is 0.0957. The summed E-state index contributed by atoms with van der Waals surface area (Å²) >= 11 is 0. The molecular weight excluding hydrogens is 775 g/mol. The van der Waals surface area contributed by atoms with Gasteiger partial charge in [0.05, 0.1) is 113 Å². The van der Waals surface area contributed by atoms with Crippen LogP contribution in [0.1, 0.15) is 75.2 Å². The normalized spacial score (nSPS) is 28.6. The number of rotatable bonds is 6. The zero-order chi connectivity index (χ0) is 54.3. The van der Waals surface area contributed by atoms with Crippen LogP contribution >= 0.6 is 0 Å². The van der Waals surface area contributed by atoms with Gasteiger partial charge in [-0.2, -0.15) is 20.7 Å². The molecule has 0 spiro atoms. The summed E-state index contributed by atoms with van der Waals surface area (Å²) in [6, 6.07) is 16.4. The minimum Gasteiger partial charge on any atom is -0.391 e. The molecule has 2 atom stereocenters. The van der Waals surface area contributed by atoms with Crippen LogP contribution in [0.25, 0.3) is 33.9 Å². The van der Waals surface area contributed by atoms with Gasteiger partial charge in [-0.05, 0) is 49.1 Å². The molecule has 2 saturated heterocycles. The first kappa shape index (κ1) is 25.1. The number of aliphatic hydroxyl groups is 2. The Hall–Kier alpha value is -7.54. The number of halogens is 2. The van der Waals surface area contributed by atoms with Gasteiger partial charge in [0.25, 0.3) is 11.8 Å². The molecule has 1 unspecified atom stereocenters. The highest BCUT2D eigenvalue weighted by Crippen LogP contribution is 2.34. The van der Waals surface area contributed by atoms with Gasteiger partial charge in [0.1, 0.15) is 11.6 Å². The second-order valence-electron chi connectivity index (χ2n) is 12.9. The van der Waals surface area contributed by atoms with Gasteiger partial charge in [0.2, 0.25) is 0 Å². The van der Waals surface area contributed by atoms with Gasteiger partial charge in [0.15, 0.2) is 11.6 Å². The number of carbonyl (C=O) groups excluding carboxylic acids is 2. The van der Waals surface area contributed by atoms with Crippen molar-refractivity contribution in [2.24, 2.45) is 0 Å². The Morgan fingerprint density at radius 1 is 0.700 bits per heavy atom. The first-order chi connectivity index (χ1) is 34.3. The van der Waals surface area contributed by atoms with Gasteiger partial charge in [0, 0.05) is 61.5 Å². The van der Waals surface area contributed by atoms with Crippen LogP contribution in [0, 0.1) is 34.3 Å². The number of hydrogen-bond donors (Lipinski definition) is 4. The molecule has 2 amide bonds. The van der Waals surface area contributed by atoms with Gasteiger partial charge in [-0.1, -0.05) is 12.1 Å². The highest BCUT2D eigenvalue weighted by molar-refractivity contribution is 6.02. The van der Waals surface area contributed by atoms with Crippen LogP contribution in [0.3, 0.4) is 0 Å². The zero-order valence-corrected chi connectivity index (χ0v) is 30.3. The summed E-state index contributed by atoms with van der Waals surface area (Å²) in [6.45, 7) is -12.9. The Morgan fingerprint density at radius 2 is 1.13 bits per heavy atom. The van der Waals surface area contributed by atoms with Crippen molar-refractivity contribution in [3.63, 3.8) is 0 Å². The average molecular weight is 823 g/mol. The van der Waals surface area contributed by atoms with E-state index in [9.17, 15) is 39.1 Å². The third-order valence-electron chi connectivity index (χ3n) is 9.32. The maximum atomic E-state index is 14.7. The molecule has 6 aromatic rings. The molecule has 300 valence electrons. The summed E-state index contributed by atoms with van der Waals surface area (Å²) < 4.78 is 144. The molecule has 0 saturated carbocycles. The van der Waals surface area contributed by atoms with Crippen molar-refractivity contribution in [1.29, 1.82) is 10.5 Å². The molecular formula is C42H34F2N12O4. The fourth-order valence-corrected chi connectivity index (χ4v) is 6.70. The van der Waals surface area contributed by atoms with Gasteiger partial charge >= 0.3 is 0 Å². The Morgan fingerprint density at radius 3 is 1.52 bits per heavy atom. The fourth-order valence-electron chi connectivity index (χ4n) is 6.70. The molecule has 0 radical (unpaired) electrons. The van der Waals surface area contributed by atoms with Crippen molar-refractivity contribution in [3.05, 3.63) is 118 Å². The first-order valence-corrected chi connectivity index (χ1v) is 17.5. The predicted molar refractivity (Wildman–Crippen MR) is 211 cm³/mol. The second-order valence-corrected chi connectivity index (χ2v) is 12.9. The van der Waals surface area contributed by atoms with E-state index in [1.54, 1.807) is 0 Å². The quantitative estimate of drug-likeness (QED) is 0.190. The number of aromatic nitrogens is 6. The van der Waals surface area contributed by atoms with Crippen LogP contribution in [0.15, 0.2) is 73.1 Å². The molecule has 18 heteroatoms. The fraction of sp³-hybridized carbons (Fsp3) is 0.238. The lowest BCUT2D eigenvalue weighted by atomic mass is 10.0. The van der Waals surface area contributed by atoms with Crippen LogP contribution in [-0.4, -0.2) is 89.7 Å². The van der Waals surface area contributed by atoms with Crippen molar-refractivity contribution in [2.45, 2.75) is 38.0 Å². The number of β-amino-alcohol motifs (C(OH)–C–C–N with tert-alkyl or cyclic N) is 2. The van der Waals surface area contributed by atoms with Crippen LogP contribution in [0.5, 0.6) is 0 Å². The number of fused-ring (bicyclic) bond motifs is 2. The van der Waals surface area contributed by atoms with Gasteiger partial charge in [-0.3, -0.25) is 9.59 Å². The number of pyridine rings is 2. The lowest BCUT2D eigenvalue weighted by Gasteiger charge is -2.14. The van der Waals surface area contributed by atoms with E-state index in [-0.39, 0.29) is 90.4 Å². The Labute approximate surface area is 360 Å². The van der Waals surface area contributed by atoms with E-state index in [0.717, 1.165) is 33.6 Å². The number of benzene rings is 2. The summed E-state index contributed by atoms with van der Waals surface area (Å²) in [5.41, 5.74) is 0.481. The van der Waals surface area contributed by atoms with E-state index in [4.69, 9.17) is 19.2 Å².